The Morgan fingerprint density at radius 1 is 1.39 bits per heavy atom. The fourth-order valence-electron chi connectivity index (χ4n) is 2.49. The average molecular weight is 341 g/mol. The summed E-state index contributed by atoms with van der Waals surface area (Å²) in [4.78, 5) is 22.9. The van der Waals surface area contributed by atoms with E-state index in [0.29, 0.717) is 23.6 Å². The number of benzene rings is 1. The van der Waals surface area contributed by atoms with Crippen molar-refractivity contribution >= 4 is 29.4 Å². The Morgan fingerprint density at radius 2 is 2.00 bits per heavy atom. The minimum Gasteiger partial charge on any atom is -0.480 e. The Hall–Kier alpha value is -1.79. The van der Waals surface area contributed by atoms with Gasteiger partial charge in [0.15, 0.2) is 0 Å². The number of carbonyl (C=O) groups excluding carboxylic acids is 1. The fourth-order valence-corrected chi connectivity index (χ4v) is 2.72. The summed E-state index contributed by atoms with van der Waals surface area (Å²) in [6.45, 7) is 5.30. The number of carboxylic acid groups (broad SMARTS) is 1. The lowest BCUT2D eigenvalue weighted by Crippen LogP contribution is -2.41. The van der Waals surface area contributed by atoms with Gasteiger partial charge in [-0.15, -0.1) is 0 Å². The Morgan fingerprint density at radius 3 is 2.43 bits per heavy atom. The van der Waals surface area contributed by atoms with Gasteiger partial charge in [0.1, 0.15) is 11.6 Å². The zero-order chi connectivity index (χ0) is 17.4. The minimum atomic E-state index is -1.03. The second kappa shape index (κ2) is 6.02. The summed E-state index contributed by atoms with van der Waals surface area (Å²) in [7, 11) is 0. The molecule has 126 valence electrons. The third kappa shape index (κ3) is 3.95. The minimum absolute atomic E-state index is 0.317. The second-order valence-corrected chi connectivity index (χ2v) is 7.20. The van der Waals surface area contributed by atoms with Gasteiger partial charge in [0, 0.05) is 5.41 Å². The number of rotatable bonds is 4. The van der Waals surface area contributed by atoms with Crippen LogP contribution in [0.2, 0.25) is 5.02 Å². The number of aliphatic carboxylic acids is 1. The summed E-state index contributed by atoms with van der Waals surface area (Å²) in [6.07, 6.45) is 0.807. The van der Waals surface area contributed by atoms with Gasteiger partial charge in [-0.3, -0.25) is 10.1 Å². The van der Waals surface area contributed by atoms with E-state index >= 15 is 0 Å². The zero-order valence-corrected chi connectivity index (χ0v) is 14.1. The van der Waals surface area contributed by atoms with Crippen molar-refractivity contribution in [1.82, 2.24) is 0 Å². The molecule has 1 aromatic carbocycles. The van der Waals surface area contributed by atoms with Crippen LogP contribution in [-0.4, -0.2) is 28.8 Å². The summed E-state index contributed by atoms with van der Waals surface area (Å²) in [6, 6.07) is 4.07. The normalized spacial score (nSPS) is 17.3. The maximum atomic E-state index is 11.8. The topological polar surface area (TPSA) is 102 Å². The number of hydrogen-bond acceptors (Lipinski definition) is 4. The fraction of sp³-hybridized carbons (Fsp3) is 0.500. The van der Waals surface area contributed by atoms with Gasteiger partial charge in [0.25, 0.3) is 0 Å². The smallest absolute Gasteiger partial charge is 0.412 e. The molecule has 1 amide bonds. The second-order valence-electron chi connectivity index (χ2n) is 6.79. The Labute approximate surface area is 139 Å². The Kier molecular flexibility index (Phi) is 4.59. The van der Waals surface area contributed by atoms with Gasteiger partial charge in [-0.25, -0.2) is 4.79 Å². The molecule has 0 spiro atoms. The van der Waals surface area contributed by atoms with Crippen molar-refractivity contribution in [3.05, 3.63) is 28.8 Å². The maximum Gasteiger partial charge on any atom is 0.412 e. The van der Waals surface area contributed by atoms with Gasteiger partial charge >= 0.3 is 12.1 Å². The molecular formula is C16H21ClN2O4. The zero-order valence-electron chi connectivity index (χ0n) is 13.4. The van der Waals surface area contributed by atoms with E-state index in [1.807, 2.05) is 0 Å². The molecule has 1 fully saturated rings. The highest BCUT2D eigenvalue weighted by molar-refractivity contribution is 6.33. The van der Waals surface area contributed by atoms with E-state index < -0.39 is 29.1 Å². The molecule has 1 aliphatic carbocycles. The largest absolute Gasteiger partial charge is 0.480 e. The molecule has 23 heavy (non-hydrogen) atoms. The summed E-state index contributed by atoms with van der Waals surface area (Å²) >= 11 is 6.20. The van der Waals surface area contributed by atoms with Crippen molar-refractivity contribution in [3.63, 3.8) is 0 Å². The highest BCUT2D eigenvalue weighted by Gasteiger charge is 2.52. The van der Waals surface area contributed by atoms with Crippen molar-refractivity contribution in [2.45, 2.75) is 50.7 Å². The molecular weight excluding hydrogens is 320 g/mol. The van der Waals surface area contributed by atoms with Crippen LogP contribution in [0.3, 0.4) is 0 Å². The molecule has 4 N–H and O–H groups in total. The van der Waals surface area contributed by atoms with Crippen LogP contribution >= 0.6 is 11.6 Å². The van der Waals surface area contributed by atoms with Crippen LogP contribution in [0.5, 0.6) is 0 Å². The van der Waals surface area contributed by atoms with E-state index in [1.54, 1.807) is 39.0 Å². The molecule has 0 heterocycles. The number of carbonyl (C=O) groups is 2. The number of amides is 1. The third-order valence-electron chi connectivity index (χ3n) is 3.83. The highest BCUT2D eigenvalue weighted by Crippen LogP contribution is 2.51. The number of nitrogens with two attached hydrogens (primary N) is 1. The summed E-state index contributed by atoms with van der Waals surface area (Å²) < 4.78 is 5.17. The average Bonchev–Trinajstić information content (AvgIpc) is 3.19. The van der Waals surface area contributed by atoms with E-state index in [2.05, 4.69) is 5.32 Å². The van der Waals surface area contributed by atoms with Crippen molar-refractivity contribution in [2.24, 2.45) is 5.73 Å². The summed E-state index contributed by atoms with van der Waals surface area (Å²) in [5, 5.41) is 12.0. The highest BCUT2D eigenvalue weighted by atomic mass is 35.5. The number of ether oxygens (including phenoxy) is 1. The van der Waals surface area contributed by atoms with Crippen molar-refractivity contribution < 1.29 is 19.4 Å². The van der Waals surface area contributed by atoms with Crippen LogP contribution in [0, 0.1) is 0 Å². The summed E-state index contributed by atoms with van der Waals surface area (Å²) in [5.41, 5.74) is 5.79. The van der Waals surface area contributed by atoms with Gasteiger partial charge in [-0.05, 0) is 51.3 Å². The predicted octanol–water partition coefficient (Wildman–Crippen LogP) is 3.13. The van der Waals surface area contributed by atoms with Crippen molar-refractivity contribution in [2.75, 3.05) is 5.32 Å². The van der Waals surface area contributed by atoms with Crippen LogP contribution in [0.4, 0.5) is 10.5 Å². The van der Waals surface area contributed by atoms with Gasteiger partial charge in [0.05, 0.1) is 10.7 Å². The molecule has 1 aliphatic rings. The first kappa shape index (κ1) is 17.6. The lowest BCUT2D eigenvalue weighted by Gasteiger charge is -2.22. The van der Waals surface area contributed by atoms with Crippen LogP contribution in [0.15, 0.2) is 18.2 Å². The molecule has 2 rings (SSSR count). The quantitative estimate of drug-likeness (QED) is 0.781. The molecule has 0 radical (unpaired) electrons. The molecule has 7 heteroatoms. The van der Waals surface area contributed by atoms with Crippen LogP contribution in [0.25, 0.3) is 0 Å². The Bertz CT molecular complexity index is 635. The molecule has 6 nitrogen and oxygen atoms in total. The third-order valence-corrected chi connectivity index (χ3v) is 4.14. The molecule has 1 saturated carbocycles. The number of nitrogens with one attached hydrogen (secondary N) is 1. The van der Waals surface area contributed by atoms with E-state index in [9.17, 15) is 9.59 Å². The molecule has 0 bridgehead atoms. The van der Waals surface area contributed by atoms with Gasteiger partial charge < -0.3 is 15.6 Å². The first-order valence-electron chi connectivity index (χ1n) is 7.33. The molecule has 0 aromatic heterocycles. The number of anilines is 1. The maximum absolute atomic E-state index is 11.8. The van der Waals surface area contributed by atoms with E-state index in [1.165, 1.54) is 0 Å². The van der Waals surface area contributed by atoms with E-state index in [-0.39, 0.29) is 0 Å². The number of carboxylic acids is 1. The first-order valence-corrected chi connectivity index (χ1v) is 7.71. The van der Waals surface area contributed by atoms with Crippen LogP contribution in [0.1, 0.15) is 39.2 Å². The van der Waals surface area contributed by atoms with Crippen molar-refractivity contribution in [1.29, 1.82) is 0 Å². The van der Waals surface area contributed by atoms with E-state index in [4.69, 9.17) is 27.2 Å². The lowest BCUT2D eigenvalue weighted by atomic mass is 9.88. The van der Waals surface area contributed by atoms with Crippen LogP contribution < -0.4 is 11.1 Å². The molecule has 1 atom stereocenters. The molecule has 1 aromatic rings. The molecule has 1 unspecified atom stereocenters. The van der Waals surface area contributed by atoms with Gasteiger partial charge in [-0.2, -0.15) is 0 Å². The van der Waals surface area contributed by atoms with Gasteiger partial charge in [0.2, 0.25) is 0 Å². The molecule has 0 aliphatic heterocycles. The lowest BCUT2D eigenvalue weighted by molar-refractivity contribution is -0.139. The number of halogens is 1. The SMILES string of the molecule is CC(C)(C)OC(=O)Nc1ccc(C2(C(N)C(=O)O)CC2)cc1Cl. The summed E-state index contributed by atoms with van der Waals surface area (Å²) in [5.74, 6) is -1.03. The molecule has 0 saturated heterocycles. The number of hydrogen-bond donors (Lipinski definition) is 3. The monoisotopic (exact) mass is 340 g/mol. The standard InChI is InChI=1S/C16H21ClN2O4/c1-15(2,3)23-14(22)19-11-5-4-9(8-10(11)17)16(6-7-16)12(18)13(20)21/h4-5,8,12H,6-7,18H2,1-3H3,(H,19,22)(H,20,21). The predicted molar refractivity (Wildman–Crippen MR) is 87.8 cm³/mol. The van der Waals surface area contributed by atoms with E-state index in [0.717, 1.165) is 5.56 Å². The Balaban J connectivity index is 2.16. The van der Waals surface area contributed by atoms with Crippen molar-refractivity contribution in [3.8, 4) is 0 Å². The van der Waals surface area contributed by atoms with Crippen LogP contribution in [-0.2, 0) is 14.9 Å². The van der Waals surface area contributed by atoms with Gasteiger partial charge in [-0.1, -0.05) is 17.7 Å². The first-order chi connectivity index (χ1) is 10.5.